The van der Waals surface area contributed by atoms with Crippen LogP contribution in [0.2, 0.25) is 0 Å². The van der Waals surface area contributed by atoms with Gasteiger partial charge < -0.3 is 0 Å². The van der Waals surface area contributed by atoms with Crippen molar-refractivity contribution in [3.05, 3.63) is 85.1 Å². The molecule has 0 unspecified atom stereocenters. The van der Waals surface area contributed by atoms with Crippen LogP contribution in [-0.4, -0.2) is 18.9 Å². The van der Waals surface area contributed by atoms with Gasteiger partial charge in [-0.1, -0.05) is 54.6 Å². The number of para-hydroxylation sites is 2. The van der Waals surface area contributed by atoms with E-state index in [9.17, 15) is 0 Å². The van der Waals surface area contributed by atoms with Crippen molar-refractivity contribution in [2.45, 2.75) is 0 Å². The van der Waals surface area contributed by atoms with E-state index >= 15 is 0 Å². The van der Waals surface area contributed by atoms with Gasteiger partial charge in [0.05, 0.1) is 16.7 Å². The zero-order valence-electron chi connectivity index (χ0n) is 14.9. The maximum absolute atomic E-state index is 5.02. The van der Waals surface area contributed by atoms with Gasteiger partial charge >= 0.3 is 0 Å². The summed E-state index contributed by atoms with van der Waals surface area (Å²) >= 11 is 0. The molecule has 0 amide bonds. The number of imidazole rings is 2. The molecule has 7 aromatic rings. The second-order valence-corrected chi connectivity index (χ2v) is 7.17. The summed E-state index contributed by atoms with van der Waals surface area (Å²) in [6.45, 7) is 0. The lowest BCUT2D eigenvalue weighted by Crippen LogP contribution is -1.95. The SMILES string of the molecule is c1ccc(-n2c3nccc4c5ccccc5c5cccc6nc2n(c65)c43)cc1. The van der Waals surface area contributed by atoms with Crippen molar-refractivity contribution < 1.29 is 0 Å². The van der Waals surface area contributed by atoms with E-state index in [1.165, 1.54) is 21.5 Å². The fourth-order valence-corrected chi connectivity index (χ4v) is 4.60. The third kappa shape index (κ3) is 1.57. The van der Waals surface area contributed by atoms with Crippen LogP contribution in [0.5, 0.6) is 0 Å². The Morgan fingerprint density at radius 3 is 2.14 bits per heavy atom. The van der Waals surface area contributed by atoms with Gasteiger partial charge in [0.1, 0.15) is 5.52 Å². The summed E-state index contributed by atoms with van der Waals surface area (Å²) in [5, 5.41) is 4.88. The van der Waals surface area contributed by atoms with Gasteiger partial charge in [-0.3, -0.25) is 8.97 Å². The molecule has 0 atom stereocenters. The number of nitrogens with zero attached hydrogens (tertiary/aromatic N) is 4. The third-order valence-electron chi connectivity index (χ3n) is 5.72. The molecule has 0 N–H and O–H groups in total. The Morgan fingerprint density at radius 2 is 1.32 bits per heavy atom. The molecule has 7 rings (SSSR count). The van der Waals surface area contributed by atoms with Crippen molar-refractivity contribution in [1.29, 1.82) is 0 Å². The van der Waals surface area contributed by atoms with Crippen LogP contribution in [0.3, 0.4) is 0 Å². The largest absolute Gasteiger partial charge is 0.273 e. The van der Waals surface area contributed by atoms with E-state index in [2.05, 4.69) is 81.8 Å². The van der Waals surface area contributed by atoms with Gasteiger partial charge in [0.2, 0.25) is 5.78 Å². The number of aromatic nitrogens is 4. The molecule has 0 spiro atoms. The second kappa shape index (κ2) is 4.87. The molecule has 0 fully saturated rings. The number of benzene rings is 3. The lowest BCUT2D eigenvalue weighted by atomic mass is 10.1. The van der Waals surface area contributed by atoms with Crippen LogP contribution in [0.1, 0.15) is 0 Å². The maximum Gasteiger partial charge on any atom is 0.222 e. The van der Waals surface area contributed by atoms with Crippen molar-refractivity contribution in [3.63, 3.8) is 0 Å². The smallest absolute Gasteiger partial charge is 0.222 e. The molecular formula is C24H14N4. The molecule has 4 nitrogen and oxygen atoms in total. The lowest BCUT2D eigenvalue weighted by Gasteiger charge is -2.04. The van der Waals surface area contributed by atoms with Crippen LogP contribution < -0.4 is 0 Å². The summed E-state index contributed by atoms with van der Waals surface area (Å²) in [6, 6.07) is 27.5. The normalized spacial score (nSPS) is 12.3. The van der Waals surface area contributed by atoms with E-state index < -0.39 is 0 Å². The first-order valence-corrected chi connectivity index (χ1v) is 9.37. The molecule has 0 aliphatic rings. The maximum atomic E-state index is 5.02. The molecule has 0 radical (unpaired) electrons. The zero-order valence-corrected chi connectivity index (χ0v) is 14.9. The third-order valence-corrected chi connectivity index (χ3v) is 5.72. The van der Waals surface area contributed by atoms with Crippen LogP contribution in [0.4, 0.5) is 0 Å². The number of pyridine rings is 1. The standard InChI is InChI=1S/C24H14N4/c1-2-7-15(8-3-1)27-23-22-19(13-14-25-23)17-10-5-4-9-16(17)18-11-6-12-20-21(18)28(22)24(27)26-20/h1-14H. The minimum absolute atomic E-state index is 0.899. The Bertz CT molecular complexity index is 1650. The van der Waals surface area contributed by atoms with Crippen molar-refractivity contribution in [2.75, 3.05) is 0 Å². The van der Waals surface area contributed by atoms with Crippen molar-refractivity contribution in [3.8, 4) is 5.69 Å². The molecule has 3 aromatic carbocycles. The van der Waals surface area contributed by atoms with Crippen molar-refractivity contribution in [1.82, 2.24) is 18.9 Å². The van der Waals surface area contributed by atoms with Crippen molar-refractivity contribution >= 4 is 49.5 Å². The summed E-state index contributed by atoms with van der Waals surface area (Å²) < 4.78 is 4.45. The molecule has 4 heteroatoms. The molecule has 4 heterocycles. The van der Waals surface area contributed by atoms with Gasteiger partial charge in [0.15, 0.2) is 5.65 Å². The molecule has 0 aliphatic heterocycles. The molecule has 0 saturated carbocycles. The monoisotopic (exact) mass is 358 g/mol. The van der Waals surface area contributed by atoms with E-state index in [4.69, 9.17) is 9.97 Å². The van der Waals surface area contributed by atoms with Gasteiger partial charge in [-0.2, -0.15) is 0 Å². The van der Waals surface area contributed by atoms with Crippen LogP contribution in [0.25, 0.3) is 55.2 Å². The fraction of sp³-hybridized carbons (Fsp3) is 0. The van der Waals surface area contributed by atoms with E-state index in [-0.39, 0.29) is 0 Å². The predicted molar refractivity (Wildman–Crippen MR) is 114 cm³/mol. The van der Waals surface area contributed by atoms with Crippen LogP contribution >= 0.6 is 0 Å². The average Bonchev–Trinajstić information content (AvgIpc) is 3.23. The first kappa shape index (κ1) is 14.2. The molecule has 0 bridgehead atoms. The van der Waals surface area contributed by atoms with Gasteiger partial charge in [-0.05, 0) is 35.0 Å². The topological polar surface area (TPSA) is 35.1 Å². The highest BCUT2D eigenvalue weighted by Crippen LogP contribution is 2.38. The fourth-order valence-electron chi connectivity index (χ4n) is 4.60. The Balaban J connectivity index is 1.91. The molecule has 0 saturated heterocycles. The van der Waals surface area contributed by atoms with Crippen LogP contribution in [0, 0.1) is 0 Å². The first-order valence-electron chi connectivity index (χ1n) is 9.37. The molecule has 28 heavy (non-hydrogen) atoms. The number of hydrogen-bond donors (Lipinski definition) is 0. The summed E-state index contributed by atoms with van der Waals surface area (Å²) in [5.41, 5.74) is 5.26. The van der Waals surface area contributed by atoms with E-state index in [0.717, 1.165) is 33.7 Å². The Morgan fingerprint density at radius 1 is 0.607 bits per heavy atom. The minimum Gasteiger partial charge on any atom is -0.273 e. The van der Waals surface area contributed by atoms with Gasteiger partial charge in [-0.25, -0.2) is 9.97 Å². The second-order valence-electron chi connectivity index (χ2n) is 7.17. The number of hydrogen-bond acceptors (Lipinski definition) is 2. The Labute approximate surface area is 159 Å². The van der Waals surface area contributed by atoms with Crippen LogP contribution in [0.15, 0.2) is 85.1 Å². The van der Waals surface area contributed by atoms with E-state index in [1.807, 2.05) is 12.3 Å². The molecule has 130 valence electrons. The van der Waals surface area contributed by atoms with Crippen molar-refractivity contribution in [2.24, 2.45) is 0 Å². The molecule has 4 aromatic heterocycles. The lowest BCUT2D eigenvalue weighted by molar-refractivity contribution is 1.09. The quantitative estimate of drug-likeness (QED) is 0.384. The number of rotatable bonds is 1. The number of fused-ring (bicyclic) bond motifs is 3. The highest BCUT2D eigenvalue weighted by atomic mass is 15.2. The predicted octanol–water partition coefficient (Wildman–Crippen LogP) is 5.57. The Kier molecular flexibility index (Phi) is 2.46. The summed E-state index contributed by atoms with van der Waals surface area (Å²) in [6.07, 6.45) is 1.90. The minimum atomic E-state index is 0.899. The highest BCUT2D eigenvalue weighted by Gasteiger charge is 2.22. The van der Waals surface area contributed by atoms with E-state index in [0.29, 0.717) is 0 Å². The summed E-state index contributed by atoms with van der Waals surface area (Å²) in [7, 11) is 0. The van der Waals surface area contributed by atoms with Gasteiger partial charge in [0, 0.05) is 17.0 Å². The Hall–Kier alpha value is -3.92. The van der Waals surface area contributed by atoms with E-state index in [1.54, 1.807) is 0 Å². The average molecular weight is 358 g/mol. The zero-order chi connectivity index (χ0) is 18.2. The first-order chi connectivity index (χ1) is 13.9. The molecule has 0 aliphatic carbocycles. The molecular weight excluding hydrogens is 344 g/mol. The summed E-state index contributed by atoms with van der Waals surface area (Å²) in [5.74, 6) is 0.899. The van der Waals surface area contributed by atoms with Gasteiger partial charge in [0.25, 0.3) is 0 Å². The van der Waals surface area contributed by atoms with Gasteiger partial charge in [-0.15, -0.1) is 0 Å². The van der Waals surface area contributed by atoms with Crippen LogP contribution in [-0.2, 0) is 0 Å². The summed E-state index contributed by atoms with van der Waals surface area (Å²) in [4.78, 5) is 9.80. The highest BCUT2D eigenvalue weighted by molar-refractivity contribution is 6.21.